The number of nitrogens with zero attached hydrogens (tertiary/aromatic N) is 4. The first-order valence-electron chi connectivity index (χ1n) is 5.29. The van der Waals surface area contributed by atoms with Gasteiger partial charge < -0.3 is 5.73 Å². The van der Waals surface area contributed by atoms with Gasteiger partial charge in [0.1, 0.15) is 0 Å². The number of H-pyrrole nitrogens is 1. The number of hydrogen-bond acceptors (Lipinski definition) is 5. The van der Waals surface area contributed by atoms with Gasteiger partial charge in [0.2, 0.25) is 0 Å². The van der Waals surface area contributed by atoms with Gasteiger partial charge in [0, 0.05) is 21.6 Å². The number of pyridine rings is 1. The van der Waals surface area contributed by atoms with Gasteiger partial charge in [-0.25, -0.2) is 0 Å². The van der Waals surface area contributed by atoms with E-state index in [9.17, 15) is 0 Å². The van der Waals surface area contributed by atoms with Crippen molar-refractivity contribution in [1.82, 2.24) is 25.6 Å². The molecule has 3 aromatic rings. The van der Waals surface area contributed by atoms with E-state index in [1.165, 1.54) is 0 Å². The summed E-state index contributed by atoms with van der Waals surface area (Å²) in [5.41, 5.74) is 7.84. The number of fused-ring (bicyclic) bond motifs is 1. The lowest BCUT2D eigenvalue weighted by atomic mass is 10.0. The van der Waals surface area contributed by atoms with Crippen molar-refractivity contribution in [1.29, 1.82) is 0 Å². The molecular weight excluding hydrogens is 296 g/mol. The third-order valence-corrected chi connectivity index (χ3v) is 3.41. The smallest absolute Gasteiger partial charge is 0.195 e. The van der Waals surface area contributed by atoms with Crippen LogP contribution in [0.15, 0.2) is 34.9 Å². The van der Waals surface area contributed by atoms with Gasteiger partial charge >= 0.3 is 0 Å². The molecule has 0 aliphatic rings. The molecule has 0 spiro atoms. The van der Waals surface area contributed by atoms with Crippen LogP contribution in [-0.2, 0) is 0 Å². The summed E-state index contributed by atoms with van der Waals surface area (Å²) >= 11 is 3.50. The average Bonchev–Trinajstić information content (AvgIpc) is 2.93. The molecule has 2 heterocycles. The van der Waals surface area contributed by atoms with Gasteiger partial charge in [-0.3, -0.25) is 4.98 Å². The van der Waals surface area contributed by atoms with E-state index in [4.69, 9.17) is 5.73 Å². The number of nitrogens with two attached hydrogens (primary N) is 1. The number of rotatable bonds is 2. The van der Waals surface area contributed by atoms with Gasteiger partial charge in [-0.2, -0.15) is 5.21 Å². The molecule has 0 fully saturated rings. The highest BCUT2D eigenvalue weighted by Crippen LogP contribution is 2.29. The largest absolute Gasteiger partial charge is 0.317 e. The first kappa shape index (κ1) is 11.2. The molecule has 6 nitrogen and oxygen atoms in total. The highest BCUT2D eigenvalue weighted by atomic mass is 79.9. The number of benzene rings is 1. The second-order valence-electron chi connectivity index (χ2n) is 3.78. The lowest BCUT2D eigenvalue weighted by molar-refractivity contribution is 0.789. The topological polar surface area (TPSA) is 93.4 Å². The van der Waals surface area contributed by atoms with Crippen molar-refractivity contribution >= 4 is 26.8 Å². The van der Waals surface area contributed by atoms with Crippen LogP contribution in [0.4, 0.5) is 0 Å². The summed E-state index contributed by atoms with van der Waals surface area (Å²) in [6, 6.07) is 7.28. The van der Waals surface area contributed by atoms with Crippen molar-refractivity contribution in [3.63, 3.8) is 0 Å². The van der Waals surface area contributed by atoms with Crippen LogP contribution in [0.25, 0.3) is 10.9 Å². The van der Waals surface area contributed by atoms with Gasteiger partial charge in [0.15, 0.2) is 5.82 Å². The molecule has 7 heteroatoms. The number of hydrogen-bond donors (Lipinski definition) is 2. The van der Waals surface area contributed by atoms with Crippen molar-refractivity contribution in [3.8, 4) is 0 Å². The fourth-order valence-corrected chi connectivity index (χ4v) is 2.30. The van der Waals surface area contributed by atoms with Crippen molar-refractivity contribution in [2.24, 2.45) is 5.73 Å². The van der Waals surface area contributed by atoms with Crippen LogP contribution in [0.5, 0.6) is 0 Å². The maximum Gasteiger partial charge on any atom is 0.195 e. The molecule has 1 unspecified atom stereocenters. The Bertz CT molecular complexity index is 681. The zero-order valence-electron chi connectivity index (χ0n) is 9.21. The number of tetrazole rings is 1. The highest BCUT2D eigenvalue weighted by Gasteiger charge is 2.17. The zero-order valence-corrected chi connectivity index (χ0v) is 10.8. The summed E-state index contributed by atoms with van der Waals surface area (Å²) in [7, 11) is 0. The molecule has 0 saturated carbocycles. The SMILES string of the molecule is NC(c1nn[nH]n1)c1ccc(Br)c2cccnc12. The van der Waals surface area contributed by atoms with Crippen LogP contribution in [0.2, 0.25) is 0 Å². The molecule has 0 radical (unpaired) electrons. The average molecular weight is 305 g/mol. The molecule has 0 aliphatic heterocycles. The van der Waals surface area contributed by atoms with Crippen LogP contribution in [0.3, 0.4) is 0 Å². The Morgan fingerprint density at radius 3 is 2.94 bits per heavy atom. The Balaban J connectivity index is 2.21. The van der Waals surface area contributed by atoms with Crippen LogP contribution in [0.1, 0.15) is 17.4 Å². The number of nitrogens with one attached hydrogen (secondary N) is 1. The van der Waals surface area contributed by atoms with Crippen molar-refractivity contribution in [3.05, 3.63) is 46.3 Å². The molecule has 0 bridgehead atoms. The Kier molecular flexibility index (Phi) is 2.77. The second kappa shape index (κ2) is 4.43. The molecule has 1 atom stereocenters. The summed E-state index contributed by atoms with van der Waals surface area (Å²) < 4.78 is 0.981. The molecule has 1 aromatic carbocycles. The van der Waals surface area contributed by atoms with Crippen LogP contribution in [0, 0.1) is 0 Å². The minimum absolute atomic E-state index is 0.448. The minimum atomic E-state index is -0.450. The lowest BCUT2D eigenvalue weighted by Crippen LogP contribution is -2.14. The molecule has 3 N–H and O–H groups in total. The van der Waals surface area contributed by atoms with Crippen molar-refractivity contribution < 1.29 is 0 Å². The Morgan fingerprint density at radius 2 is 2.17 bits per heavy atom. The summed E-state index contributed by atoms with van der Waals surface area (Å²) in [4.78, 5) is 4.38. The van der Waals surface area contributed by atoms with E-state index in [1.807, 2.05) is 24.3 Å². The van der Waals surface area contributed by atoms with Gasteiger partial charge in [-0.05, 0) is 12.1 Å². The van der Waals surface area contributed by atoms with Gasteiger partial charge in [0.05, 0.1) is 11.6 Å². The molecule has 2 aromatic heterocycles. The number of aromatic amines is 1. The van der Waals surface area contributed by atoms with Gasteiger partial charge in [0.25, 0.3) is 0 Å². The van der Waals surface area contributed by atoms with E-state index in [2.05, 4.69) is 41.5 Å². The Morgan fingerprint density at radius 1 is 1.28 bits per heavy atom. The third-order valence-electron chi connectivity index (χ3n) is 2.72. The fraction of sp³-hybridized carbons (Fsp3) is 0.0909. The number of halogens is 1. The van der Waals surface area contributed by atoms with E-state index >= 15 is 0 Å². The van der Waals surface area contributed by atoms with E-state index in [-0.39, 0.29) is 0 Å². The zero-order chi connectivity index (χ0) is 12.5. The number of aromatic nitrogens is 5. The van der Waals surface area contributed by atoms with Gasteiger partial charge in [-0.1, -0.05) is 33.3 Å². The summed E-state index contributed by atoms with van der Waals surface area (Å²) in [6.45, 7) is 0. The maximum absolute atomic E-state index is 6.14. The Hall–Kier alpha value is -1.86. The fourth-order valence-electron chi connectivity index (χ4n) is 1.85. The van der Waals surface area contributed by atoms with E-state index in [0.29, 0.717) is 5.82 Å². The van der Waals surface area contributed by atoms with Crippen molar-refractivity contribution in [2.75, 3.05) is 0 Å². The monoisotopic (exact) mass is 304 g/mol. The third kappa shape index (κ3) is 1.77. The van der Waals surface area contributed by atoms with Gasteiger partial charge in [-0.15, -0.1) is 10.2 Å². The highest BCUT2D eigenvalue weighted by molar-refractivity contribution is 9.10. The first-order valence-corrected chi connectivity index (χ1v) is 6.08. The van der Waals surface area contributed by atoms with Crippen molar-refractivity contribution in [2.45, 2.75) is 6.04 Å². The molecule has 0 saturated heterocycles. The van der Waals surface area contributed by atoms with Crippen LogP contribution >= 0.6 is 15.9 Å². The van der Waals surface area contributed by atoms with E-state index in [0.717, 1.165) is 20.9 Å². The predicted octanol–water partition coefficient (Wildman–Crippen LogP) is 1.56. The lowest BCUT2D eigenvalue weighted by Gasteiger charge is -2.11. The standard InChI is InChI=1S/C11H9BrN6/c12-8-4-3-7(9(13)11-15-17-18-16-11)10-6(8)2-1-5-14-10/h1-5,9H,13H2,(H,15,16,17,18). The summed E-state index contributed by atoms with van der Waals surface area (Å²) in [5, 5.41) is 14.7. The van der Waals surface area contributed by atoms with Crippen LogP contribution in [-0.4, -0.2) is 25.6 Å². The summed E-state index contributed by atoms with van der Waals surface area (Å²) in [5.74, 6) is 0.448. The van der Waals surface area contributed by atoms with E-state index < -0.39 is 6.04 Å². The maximum atomic E-state index is 6.14. The van der Waals surface area contributed by atoms with E-state index in [1.54, 1.807) is 6.20 Å². The molecule has 0 aliphatic carbocycles. The first-order chi connectivity index (χ1) is 8.77. The second-order valence-corrected chi connectivity index (χ2v) is 4.64. The summed E-state index contributed by atoms with van der Waals surface area (Å²) in [6.07, 6.45) is 1.74. The molecule has 18 heavy (non-hydrogen) atoms. The predicted molar refractivity (Wildman–Crippen MR) is 69.7 cm³/mol. The van der Waals surface area contributed by atoms with Crippen LogP contribution < -0.4 is 5.73 Å². The normalized spacial score (nSPS) is 12.8. The minimum Gasteiger partial charge on any atom is -0.317 e. The Labute approximate surface area is 111 Å². The molecular formula is C11H9BrN6. The molecule has 0 amide bonds. The quantitative estimate of drug-likeness (QED) is 0.749. The molecule has 3 rings (SSSR count). The molecule has 90 valence electrons.